The molecule has 0 radical (unpaired) electrons. The highest BCUT2D eigenvalue weighted by atomic mass is 127. The summed E-state index contributed by atoms with van der Waals surface area (Å²) in [5, 5.41) is 6.45. The van der Waals surface area contributed by atoms with Gasteiger partial charge in [-0.1, -0.05) is 12.1 Å². The third-order valence-electron chi connectivity index (χ3n) is 4.72. The quantitative estimate of drug-likeness (QED) is 0.289. The van der Waals surface area contributed by atoms with E-state index in [-0.39, 0.29) is 43.2 Å². The number of aromatic nitrogens is 1. The first kappa shape index (κ1) is 24.7. The Morgan fingerprint density at radius 3 is 2.77 bits per heavy atom. The number of fused-ring (bicyclic) bond motifs is 1. The van der Waals surface area contributed by atoms with Crippen molar-refractivity contribution >= 4 is 35.8 Å². The molecule has 1 aromatic carbocycles. The van der Waals surface area contributed by atoms with Crippen LogP contribution >= 0.6 is 24.0 Å². The van der Waals surface area contributed by atoms with Gasteiger partial charge in [0.2, 0.25) is 12.7 Å². The molecule has 2 N–H and O–H groups in total. The lowest BCUT2D eigenvalue weighted by molar-refractivity contribution is -0.128. The van der Waals surface area contributed by atoms with Gasteiger partial charge in [0.1, 0.15) is 6.54 Å². The van der Waals surface area contributed by atoms with Crippen LogP contribution in [-0.4, -0.2) is 61.8 Å². The van der Waals surface area contributed by atoms with Gasteiger partial charge in [-0.05, 0) is 43.2 Å². The number of likely N-dealkylation sites (N-methyl/N-ethyl adjacent to an activating group) is 1. The van der Waals surface area contributed by atoms with Crippen molar-refractivity contribution in [1.82, 2.24) is 20.5 Å². The van der Waals surface area contributed by atoms with Gasteiger partial charge < -0.3 is 25.0 Å². The first-order valence-corrected chi connectivity index (χ1v) is 10.2. The van der Waals surface area contributed by atoms with Gasteiger partial charge >= 0.3 is 0 Å². The van der Waals surface area contributed by atoms with Crippen LogP contribution in [0.25, 0.3) is 0 Å². The highest BCUT2D eigenvalue weighted by molar-refractivity contribution is 14.0. The Kier molecular flexibility index (Phi) is 10.3. The maximum atomic E-state index is 12.4. The maximum absolute atomic E-state index is 12.4. The zero-order valence-corrected chi connectivity index (χ0v) is 20.3. The first-order chi connectivity index (χ1) is 14.7. The van der Waals surface area contributed by atoms with Crippen LogP contribution < -0.4 is 20.1 Å². The van der Waals surface area contributed by atoms with E-state index in [9.17, 15) is 4.79 Å². The molecule has 0 saturated heterocycles. The molecule has 0 atom stereocenters. The molecule has 0 aliphatic carbocycles. The second-order valence-corrected chi connectivity index (χ2v) is 6.95. The molecular weight excluding hydrogens is 509 g/mol. The second-order valence-electron chi connectivity index (χ2n) is 6.95. The average molecular weight is 539 g/mol. The summed E-state index contributed by atoms with van der Waals surface area (Å²) in [6, 6.07) is 11.7. The van der Waals surface area contributed by atoms with Crippen molar-refractivity contribution in [3.63, 3.8) is 0 Å². The molecule has 1 aromatic heterocycles. The van der Waals surface area contributed by atoms with Crippen LogP contribution in [0.15, 0.2) is 47.6 Å². The van der Waals surface area contributed by atoms with Gasteiger partial charge in [-0.25, -0.2) is 4.99 Å². The van der Waals surface area contributed by atoms with Crippen molar-refractivity contribution in [2.45, 2.75) is 19.8 Å². The normalized spacial score (nSPS) is 12.1. The lowest BCUT2D eigenvalue weighted by atomic mass is 10.1. The molecule has 9 heteroatoms. The number of aliphatic imine (C=N–C) groups is 1. The van der Waals surface area contributed by atoms with E-state index in [1.54, 1.807) is 18.1 Å². The number of carbonyl (C=O) groups excluding carboxylic acids is 1. The number of halogens is 1. The monoisotopic (exact) mass is 539 g/mol. The van der Waals surface area contributed by atoms with Gasteiger partial charge in [-0.15, -0.1) is 24.0 Å². The Hall–Kier alpha value is -2.56. The van der Waals surface area contributed by atoms with E-state index in [4.69, 9.17) is 9.47 Å². The number of benzene rings is 1. The van der Waals surface area contributed by atoms with E-state index >= 15 is 0 Å². The Balaban J connectivity index is 0.00000341. The molecule has 0 bridgehead atoms. The van der Waals surface area contributed by atoms with Crippen LogP contribution in [0, 0.1) is 0 Å². The topological polar surface area (TPSA) is 88.1 Å². The van der Waals surface area contributed by atoms with E-state index in [1.807, 2.05) is 43.3 Å². The molecule has 2 aromatic rings. The molecule has 0 unspecified atom stereocenters. The lowest BCUT2D eigenvalue weighted by Gasteiger charge is -2.16. The molecule has 0 saturated carbocycles. The fourth-order valence-electron chi connectivity index (χ4n) is 2.98. The minimum atomic E-state index is -0.0288. The van der Waals surface area contributed by atoms with Crippen LogP contribution in [0.3, 0.4) is 0 Å². The molecule has 2 heterocycles. The fraction of sp³-hybridized carbons (Fsp3) is 0.409. The minimum absolute atomic E-state index is 0. The van der Waals surface area contributed by atoms with Gasteiger partial charge in [0.05, 0.1) is 0 Å². The molecule has 0 fully saturated rings. The van der Waals surface area contributed by atoms with Gasteiger partial charge in [-0.2, -0.15) is 0 Å². The van der Waals surface area contributed by atoms with Crippen molar-refractivity contribution in [3.8, 4) is 11.5 Å². The first-order valence-electron chi connectivity index (χ1n) is 10.2. The van der Waals surface area contributed by atoms with E-state index in [2.05, 4.69) is 20.6 Å². The summed E-state index contributed by atoms with van der Waals surface area (Å²) in [5.41, 5.74) is 2.12. The summed E-state index contributed by atoms with van der Waals surface area (Å²) in [6.07, 6.45) is 3.29. The predicted molar refractivity (Wildman–Crippen MR) is 131 cm³/mol. The number of guanidine groups is 1. The van der Waals surface area contributed by atoms with Crippen LogP contribution in [0.1, 0.15) is 18.2 Å². The van der Waals surface area contributed by atoms with E-state index in [0.29, 0.717) is 19.0 Å². The molecule has 31 heavy (non-hydrogen) atoms. The van der Waals surface area contributed by atoms with E-state index in [0.717, 1.165) is 42.1 Å². The number of ether oxygens (including phenoxy) is 2. The molecule has 1 aliphatic heterocycles. The standard InChI is InChI=1S/C22H29N5O3.HI/c1-3-23-22(25-12-9-17-7-8-19-20(14-17)30-16-29-19)26-15-21(28)27(2)13-10-18-6-4-5-11-24-18;/h4-8,11,14H,3,9-10,12-13,15-16H2,1-2H3,(H2,23,25,26);1H. The number of nitrogens with zero attached hydrogens (tertiary/aromatic N) is 3. The zero-order valence-electron chi connectivity index (χ0n) is 18.0. The Labute approximate surface area is 200 Å². The summed E-state index contributed by atoms with van der Waals surface area (Å²) in [6.45, 7) is 4.39. The Bertz CT molecular complexity index is 863. The fourth-order valence-corrected chi connectivity index (χ4v) is 2.98. The average Bonchev–Trinajstić information content (AvgIpc) is 3.24. The lowest BCUT2D eigenvalue weighted by Crippen LogP contribution is -2.39. The van der Waals surface area contributed by atoms with Crippen LogP contribution in [0.4, 0.5) is 0 Å². The molecule has 1 aliphatic rings. The number of pyridine rings is 1. The number of hydrogen-bond donors (Lipinski definition) is 2. The maximum Gasteiger partial charge on any atom is 0.244 e. The van der Waals surface area contributed by atoms with E-state index < -0.39 is 0 Å². The van der Waals surface area contributed by atoms with Crippen molar-refractivity contribution in [1.29, 1.82) is 0 Å². The van der Waals surface area contributed by atoms with Crippen LogP contribution in [0.5, 0.6) is 11.5 Å². The molecule has 168 valence electrons. The Morgan fingerprint density at radius 2 is 2.00 bits per heavy atom. The number of amides is 1. The summed E-state index contributed by atoms with van der Waals surface area (Å²) in [5.74, 6) is 2.17. The largest absolute Gasteiger partial charge is 0.454 e. The summed E-state index contributed by atoms with van der Waals surface area (Å²) >= 11 is 0. The summed E-state index contributed by atoms with van der Waals surface area (Å²) in [7, 11) is 1.79. The second kappa shape index (κ2) is 13.0. The third kappa shape index (κ3) is 7.89. The van der Waals surface area contributed by atoms with E-state index in [1.165, 1.54) is 0 Å². The smallest absolute Gasteiger partial charge is 0.244 e. The summed E-state index contributed by atoms with van der Waals surface area (Å²) < 4.78 is 10.8. The minimum Gasteiger partial charge on any atom is -0.454 e. The van der Waals surface area contributed by atoms with Crippen molar-refractivity contribution in [2.24, 2.45) is 4.99 Å². The van der Waals surface area contributed by atoms with Crippen molar-refractivity contribution in [2.75, 3.05) is 40.0 Å². The highest BCUT2D eigenvalue weighted by Gasteiger charge is 2.13. The van der Waals surface area contributed by atoms with Gasteiger partial charge in [0.15, 0.2) is 17.5 Å². The molecule has 8 nitrogen and oxygen atoms in total. The third-order valence-corrected chi connectivity index (χ3v) is 4.72. The van der Waals surface area contributed by atoms with Gasteiger partial charge in [0, 0.05) is 45.0 Å². The molecule has 1 amide bonds. The van der Waals surface area contributed by atoms with Crippen LogP contribution in [-0.2, 0) is 17.6 Å². The van der Waals surface area contributed by atoms with Crippen molar-refractivity contribution < 1.29 is 14.3 Å². The number of rotatable bonds is 9. The number of hydrogen-bond acceptors (Lipinski definition) is 5. The highest BCUT2D eigenvalue weighted by Crippen LogP contribution is 2.32. The van der Waals surface area contributed by atoms with Crippen molar-refractivity contribution in [3.05, 3.63) is 53.9 Å². The van der Waals surface area contributed by atoms with Gasteiger partial charge in [-0.3, -0.25) is 9.78 Å². The van der Waals surface area contributed by atoms with Crippen LogP contribution in [0.2, 0.25) is 0 Å². The summed E-state index contributed by atoms with van der Waals surface area (Å²) in [4.78, 5) is 22.8. The number of nitrogens with one attached hydrogen (secondary N) is 2. The zero-order chi connectivity index (χ0) is 21.2. The van der Waals surface area contributed by atoms with Gasteiger partial charge in [0.25, 0.3) is 0 Å². The predicted octanol–water partition coefficient (Wildman–Crippen LogP) is 2.23. The SMILES string of the molecule is CCNC(=NCC(=O)N(C)CCc1ccccn1)NCCc1ccc2c(c1)OCO2.I. The molecule has 0 spiro atoms. The number of carbonyl (C=O) groups is 1. The molecular formula is C22H30IN5O3. The Morgan fingerprint density at radius 1 is 1.16 bits per heavy atom. The molecule has 3 rings (SSSR count).